The third-order valence-corrected chi connectivity index (χ3v) is 6.36. The number of ether oxygens (including phenoxy) is 1. The number of hydrogen-bond donors (Lipinski definition) is 1. The van der Waals surface area contributed by atoms with Gasteiger partial charge in [-0.1, -0.05) is 32.9 Å². The molecule has 1 aliphatic carbocycles. The van der Waals surface area contributed by atoms with Crippen LogP contribution in [0.2, 0.25) is 0 Å². The van der Waals surface area contributed by atoms with Crippen LogP contribution in [0, 0.1) is 17.2 Å². The molecule has 29 heavy (non-hydrogen) atoms. The summed E-state index contributed by atoms with van der Waals surface area (Å²) in [6, 6.07) is 5.82. The number of imide groups is 1. The second-order valence-electron chi connectivity index (χ2n) is 8.76. The number of amides is 3. The van der Waals surface area contributed by atoms with Crippen molar-refractivity contribution in [3.8, 4) is 0 Å². The highest BCUT2D eigenvalue weighted by molar-refractivity contribution is 7.99. The van der Waals surface area contributed by atoms with E-state index in [2.05, 4.69) is 26.1 Å². The Morgan fingerprint density at radius 3 is 2.72 bits per heavy atom. The number of rotatable bonds is 6. The molecule has 0 radical (unpaired) electrons. The third-order valence-electron chi connectivity index (χ3n) is 5.35. The molecule has 1 spiro atoms. The molecular weight excluding hydrogens is 395 g/mol. The van der Waals surface area contributed by atoms with E-state index in [1.807, 2.05) is 0 Å². The van der Waals surface area contributed by atoms with Gasteiger partial charge in [-0.15, -0.1) is 11.8 Å². The van der Waals surface area contributed by atoms with Crippen molar-refractivity contribution in [1.29, 1.82) is 0 Å². The molecule has 8 heteroatoms. The molecule has 3 rings (SSSR count). The van der Waals surface area contributed by atoms with E-state index in [9.17, 15) is 18.8 Å². The minimum absolute atomic E-state index is 0.0662. The van der Waals surface area contributed by atoms with Crippen molar-refractivity contribution in [2.45, 2.75) is 50.5 Å². The molecule has 1 heterocycles. The van der Waals surface area contributed by atoms with E-state index in [4.69, 9.17) is 4.74 Å². The van der Waals surface area contributed by atoms with Gasteiger partial charge in [0.15, 0.2) is 0 Å². The monoisotopic (exact) mass is 422 g/mol. The SMILES string of the molecule is C[C@H]1CC(C)(C)C[C@]2(C1)NC(=O)N(CC(=O)OCCSc1ccccc1F)C2=O. The number of carbonyl (C=O) groups excluding carboxylic acids is 3. The number of nitrogens with one attached hydrogen (secondary N) is 1. The number of benzene rings is 1. The second-order valence-corrected chi connectivity index (χ2v) is 9.89. The van der Waals surface area contributed by atoms with E-state index < -0.39 is 24.1 Å². The third kappa shape index (κ3) is 4.91. The molecule has 1 saturated carbocycles. The summed E-state index contributed by atoms with van der Waals surface area (Å²) in [4.78, 5) is 39.0. The van der Waals surface area contributed by atoms with Crippen molar-refractivity contribution in [3.05, 3.63) is 30.1 Å². The van der Waals surface area contributed by atoms with Crippen LogP contribution in [0.15, 0.2) is 29.2 Å². The van der Waals surface area contributed by atoms with Crippen LogP contribution in [0.3, 0.4) is 0 Å². The van der Waals surface area contributed by atoms with Crippen LogP contribution in [0.4, 0.5) is 9.18 Å². The van der Waals surface area contributed by atoms with Crippen molar-refractivity contribution < 1.29 is 23.5 Å². The molecule has 3 amide bonds. The highest BCUT2D eigenvalue weighted by Gasteiger charge is 2.56. The van der Waals surface area contributed by atoms with Gasteiger partial charge in [0.1, 0.15) is 24.5 Å². The summed E-state index contributed by atoms with van der Waals surface area (Å²) in [5.41, 5.74) is -1.000. The molecule has 0 bridgehead atoms. The molecular formula is C21H27FN2O4S. The maximum atomic E-state index is 13.6. The first-order valence-corrected chi connectivity index (χ1v) is 10.8. The Hall–Kier alpha value is -2.09. The average Bonchev–Trinajstić information content (AvgIpc) is 2.81. The standard InChI is InChI=1S/C21H27FN2O4S/c1-14-10-20(2,3)13-21(11-14)18(26)24(19(27)23-21)12-17(25)28-8-9-29-16-7-5-4-6-15(16)22/h4-7,14H,8-13H2,1-3H3,(H,23,27)/t14-,21-/m0/s1. The van der Waals surface area contributed by atoms with Crippen LogP contribution in [-0.2, 0) is 14.3 Å². The van der Waals surface area contributed by atoms with Gasteiger partial charge in [-0.2, -0.15) is 0 Å². The predicted octanol–water partition coefficient (Wildman–Crippen LogP) is 3.60. The second kappa shape index (κ2) is 8.34. The average molecular weight is 423 g/mol. The van der Waals surface area contributed by atoms with Gasteiger partial charge in [0.25, 0.3) is 5.91 Å². The summed E-state index contributed by atoms with van der Waals surface area (Å²) in [7, 11) is 0. The first kappa shape index (κ1) is 21.6. The number of nitrogens with zero attached hydrogens (tertiary/aromatic N) is 1. The lowest BCUT2D eigenvalue weighted by Gasteiger charge is -2.43. The Morgan fingerprint density at radius 2 is 2.03 bits per heavy atom. The molecule has 0 unspecified atom stereocenters. The first-order valence-electron chi connectivity index (χ1n) is 9.79. The number of carbonyl (C=O) groups is 3. The summed E-state index contributed by atoms with van der Waals surface area (Å²) >= 11 is 1.24. The van der Waals surface area contributed by atoms with Crippen molar-refractivity contribution in [2.24, 2.45) is 11.3 Å². The summed E-state index contributed by atoms with van der Waals surface area (Å²) < 4.78 is 18.7. The summed E-state index contributed by atoms with van der Waals surface area (Å²) in [6.07, 6.45) is 2.12. The zero-order chi connectivity index (χ0) is 21.2. The normalized spacial score (nSPS) is 25.9. The number of thioether (sulfide) groups is 1. The quantitative estimate of drug-likeness (QED) is 0.328. The summed E-state index contributed by atoms with van der Waals surface area (Å²) in [5, 5.41) is 2.84. The molecule has 1 aromatic rings. The highest BCUT2D eigenvalue weighted by atomic mass is 32.2. The van der Waals surface area contributed by atoms with E-state index in [1.165, 1.54) is 17.8 Å². The van der Waals surface area contributed by atoms with Crippen LogP contribution < -0.4 is 5.32 Å². The van der Waals surface area contributed by atoms with Gasteiger partial charge in [-0.3, -0.25) is 14.5 Å². The van der Waals surface area contributed by atoms with Gasteiger partial charge in [-0.25, -0.2) is 9.18 Å². The van der Waals surface area contributed by atoms with Crippen LogP contribution >= 0.6 is 11.8 Å². The highest BCUT2D eigenvalue weighted by Crippen LogP contribution is 2.46. The largest absolute Gasteiger partial charge is 0.463 e. The van der Waals surface area contributed by atoms with Crippen molar-refractivity contribution in [3.63, 3.8) is 0 Å². The molecule has 158 valence electrons. The first-order chi connectivity index (χ1) is 13.6. The molecule has 2 fully saturated rings. The van der Waals surface area contributed by atoms with Gasteiger partial charge < -0.3 is 10.1 Å². The van der Waals surface area contributed by atoms with Gasteiger partial charge in [0, 0.05) is 10.6 Å². The molecule has 0 aromatic heterocycles. The topological polar surface area (TPSA) is 75.7 Å². The van der Waals surface area contributed by atoms with Crippen LogP contribution in [0.5, 0.6) is 0 Å². The van der Waals surface area contributed by atoms with Gasteiger partial charge in [0.05, 0.1) is 0 Å². The maximum absolute atomic E-state index is 13.6. The minimum atomic E-state index is -0.931. The molecule has 1 aliphatic heterocycles. The predicted molar refractivity (Wildman–Crippen MR) is 108 cm³/mol. The van der Waals surface area contributed by atoms with Gasteiger partial charge >= 0.3 is 12.0 Å². The van der Waals surface area contributed by atoms with Crippen molar-refractivity contribution in [1.82, 2.24) is 10.2 Å². The molecule has 2 atom stereocenters. The Kier molecular flexibility index (Phi) is 6.22. The Morgan fingerprint density at radius 1 is 1.31 bits per heavy atom. The number of urea groups is 1. The van der Waals surface area contributed by atoms with Crippen LogP contribution in [0.25, 0.3) is 0 Å². The molecule has 1 aromatic carbocycles. The van der Waals surface area contributed by atoms with Crippen LogP contribution in [0.1, 0.15) is 40.0 Å². The van der Waals surface area contributed by atoms with E-state index >= 15 is 0 Å². The summed E-state index contributed by atoms with van der Waals surface area (Å²) in [6.45, 7) is 5.91. The maximum Gasteiger partial charge on any atom is 0.326 e. The fraction of sp³-hybridized carbons (Fsp3) is 0.571. The molecule has 1 N–H and O–H groups in total. The Bertz CT molecular complexity index is 816. The number of hydrogen-bond acceptors (Lipinski definition) is 5. The fourth-order valence-corrected chi connectivity index (χ4v) is 5.46. The van der Waals surface area contributed by atoms with E-state index in [0.717, 1.165) is 11.3 Å². The van der Waals surface area contributed by atoms with Gasteiger partial charge in [-0.05, 0) is 42.7 Å². The number of halogens is 1. The Balaban J connectivity index is 1.52. The van der Waals surface area contributed by atoms with E-state index in [-0.39, 0.29) is 23.7 Å². The fourth-order valence-electron chi connectivity index (χ4n) is 4.69. The van der Waals surface area contributed by atoms with Crippen molar-refractivity contribution in [2.75, 3.05) is 18.9 Å². The minimum Gasteiger partial charge on any atom is -0.463 e. The van der Waals surface area contributed by atoms with E-state index in [0.29, 0.717) is 29.4 Å². The smallest absolute Gasteiger partial charge is 0.326 e. The molecule has 6 nitrogen and oxygen atoms in total. The molecule has 1 saturated heterocycles. The van der Waals surface area contributed by atoms with E-state index in [1.54, 1.807) is 18.2 Å². The lowest BCUT2D eigenvalue weighted by molar-refractivity contribution is -0.148. The molecule has 2 aliphatic rings. The zero-order valence-electron chi connectivity index (χ0n) is 17.0. The zero-order valence-corrected chi connectivity index (χ0v) is 17.8. The van der Waals surface area contributed by atoms with Crippen LogP contribution in [-0.4, -0.2) is 47.3 Å². The summed E-state index contributed by atoms with van der Waals surface area (Å²) in [5.74, 6) is -0.645. The lowest BCUT2D eigenvalue weighted by atomic mass is 9.64. The van der Waals surface area contributed by atoms with Crippen molar-refractivity contribution >= 4 is 29.7 Å². The van der Waals surface area contributed by atoms with Gasteiger partial charge in [0.2, 0.25) is 0 Å². The Labute approximate surface area is 174 Å². The lowest BCUT2D eigenvalue weighted by Crippen LogP contribution is -2.54. The number of esters is 1.